The van der Waals surface area contributed by atoms with Gasteiger partial charge in [-0.2, -0.15) is 0 Å². The van der Waals surface area contributed by atoms with Gasteiger partial charge in [0.1, 0.15) is 0 Å². The van der Waals surface area contributed by atoms with Crippen LogP contribution in [0.5, 0.6) is 0 Å². The van der Waals surface area contributed by atoms with Crippen LogP contribution in [0.25, 0.3) is 0 Å². The Morgan fingerprint density at radius 1 is 1.18 bits per heavy atom. The average molecular weight is 251 g/mol. The third-order valence-electron chi connectivity index (χ3n) is 2.01. The van der Waals surface area contributed by atoms with E-state index in [0.29, 0.717) is 5.69 Å². The summed E-state index contributed by atoms with van der Waals surface area (Å²) in [4.78, 5) is 17.4. The molecule has 0 amide bonds. The van der Waals surface area contributed by atoms with Gasteiger partial charge in [-0.25, -0.2) is 8.42 Å². The number of aromatic amines is 1. The third-order valence-corrected chi connectivity index (χ3v) is 3.41. The summed E-state index contributed by atoms with van der Waals surface area (Å²) in [6.45, 7) is 0. The summed E-state index contributed by atoms with van der Waals surface area (Å²) in [5.74, 6) is 0. The van der Waals surface area contributed by atoms with E-state index in [0.717, 1.165) is 12.3 Å². The zero-order valence-corrected chi connectivity index (χ0v) is 9.44. The lowest BCUT2D eigenvalue weighted by molar-refractivity contribution is 0.600. The van der Waals surface area contributed by atoms with E-state index in [-0.39, 0.29) is 4.90 Å². The second-order valence-corrected chi connectivity index (χ2v) is 4.87. The maximum atomic E-state index is 11.9. The number of aromatic nitrogens is 2. The van der Waals surface area contributed by atoms with Gasteiger partial charge in [0.2, 0.25) is 5.43 Å². The lowest BCUT2D eigenvalue weighted by atomic mass is 10.4. The molecule has 0 radical (unpaired) electrons. The van der Waals surface area contributed by atoms with E-state index < -0.39 is 15.5 Å². The first kappa shape index (κ1) is 11.3. The molecule has 0 spiro atoms. The van der Waals surface area contributed by atoms with Crippen LogP contribution in [0.4, 0.5) is 5.69 Å². The third kappa shape index (κ3) is 2.51. The Kier molecular flexibility index (Phi) is 2.92. The van der Waals surface area contributed by atoms with Crippen molar-refractivity contribution in [3.05, 3.63) is 53.2 Å². The van der Waals surface area contributed by atoms with E-state index in [2.05, 4.69) is 14.7 Å². The fourth-order valence-corrected chi connectivity index (χ4v) is 2.35. The minimum Gasteiger partial charge on any atom is -0.366 e. The molecule has 2 heterocycles. The van der Waals surface area contributed by atoms with Crippen molar-refractivity contribution in [1.82, 2.24) is 9.97 Å². The van der Waals surface area contributed by atoms with E-state index in [1.54, 1.807) is 0 Å². The molecule has 2 rings (SSSR count). The minimum atomic E-state index is -3.87. The number of rotatable bonds is 3. The Bertz CT molecular complexity index is 664. The molecule has 2 aromatic heterocycles. The Hall–Kier alpha value is -2.15. The largest absolute Gasteiger partial charge is 0.366 e. The van der Waals surface area contributed by atoms with Gasteiger partial charge < -0.3 is 4.98 Å². The first-order chi connectivity index (χ1) is 8.09. The van der Waals surface area contributed by atoms with Crippen LogP contribution in [0.2, 0.25) is 0 Å². The zero-order chi connectivity index (χ0) is 12.3. The number of sulfonamides is 1. The quantitative estimate of drug-likeness (QED) is 0.834. The summed E-state index contributed by atoms with van der Waals surface area (Å²) in [5, 5.41) is 0. The fraction of sp³-hybridized carbons (Fsp3) is 0. The van der Waals surface area contributed by atoms with E-state index >= 15 is 0 Å². The number of hydrogen-bond acceptors (Lipinski definition) is 4. The van der Waals surface area contributed by atoms with Gasteiger partial charge in [0.05, 0.1) is 5.69 Å². The SMILES string of the molecule is O=c1cc[nH]cc1S(=O)(=O)Nc1ccncc1. The van der Waals surface area contributed by atoms with Crippen LogP contribution >= 0.6 is 0 Å². The first-order valence-electron chi connectivity index (χ1n) is 4.69. The van der Waals surface area contributed by atoms with Gasteiger partial charge in [0.25, 0.3) is 10.0 Å². The average Bonchev–Trinajstić information content (AvgIpc) is 2.30. The molecular formula is C10H9N3O3S. The highest BCUT2D eigenvalue weighted by Crippen LogP contribution is 2.10. The second kappa shape index (κ2) is 4.38. The summed E-state index contributed by atoms with van der Waals surface area (Å²) < 4.78 is 26.0. The Balaban J connectivity index is 2.39. The lowest BCUT2D eigenvalue weighted by Crippen LogP contribution is -2.20. The van der Waals surface area contributed by atoms with Crippen LogP contribution in [0.1, 0.15) is 0 Å². The van der Waals surface area contributed by atoms with Gasteiger partial charge in [-0.3, -0.25) is 14.5 Å². The summed E-state index contributed by atoms with van der Waals surface area (Å²) in [7, 11) is -3.87. The number of hydrogen-bond donors (Lipinski definition) is 2. The van der Waals surface area contributed by atoms with Gasteiger partial charge in [0, 0.05) is 30.9 Å². The molecule has 0 saturated heterocycles. The smallest absolute Gasteiger partial charge is 0.267 e. The molecule has 0 aliphatic rings. The highest BCUT2D eigenvalue weighted by atomic mass is 32.2. The Morgan fingerprint density at radius 2 is 1.88 bits per heavy atom. The van der Waals surface area contributed by atoms with Gasteiger partial charge >= 0.3 is 0 Å². The Labute approximate surface area is 97.4 Å². The van der Waals surface area contributed by atoms with Crippen molar-refractivity contribution in [2.45, 2.75) is 4.90 Å². The molecule has 2 N–H and O–H groups in total. The van der Waals surface area contributed by atoms with Crippen molar-refractivity contribution < 1.29 is 8.42 Å². The zero-order valence-electron chi connectivity index (χ0n) is 8.62. The number of pyridine rings is 2. The molecule has 0 aliphatic heterocycles. The lowest BCUT2D eigenvalue weighted by Gasteiger charge is -2.06. The van der Waals surface area contributed by atoms with Crippen LogP contribution in [0.15, 0.2) is 52.7 Å². The molecular weight excluding hydrogens is 242 g/mol. The maximum absolute atomic E-state index is 11.9. The van der Waals surface area contributed by atoms with E-state index in [1.807, 2.05) is 0 Å². The van der Waals surface area contributed by atoms with E-state index in [4.69, 9.17) is 0 Å². The molecule has 0 bridgehead atoms. The molecule has 6 nitrogen and oxygen atoms in total. The number of anilines is 1. The van der Waals surface area contributed by atoms with Crippen molar-refractivity contribution in [3.8, 4) is 0 Å². The van der Waals surface area contributed by atoms with Crippen molar-refractivity contribution in [2.75, 3.05) is 4.72 Å². The summed E-state index contributed by atoms with van der Waals surface area (Å²) >= 11 is 0. The summed E-state index contributed by atoms with van der Waals surface area (Å²) in [6.07, 6.45) is 5.42. The molecule has 88 valence electrons. The first-order valence-corrected chi connectivity index (χ1v) is 6.18. The molecule has 0 atom stereocenters. The van der Waals surface area contributed by atoms with Crippen LogP contribution in [-0.2, 0) is 10.0 Å². The van der Waals surface area contributed by atoms with Gasteiger partial charge in [-0.15, -0.1) is 0 Å². The molecule has 0 fully saturated rings. The summed E-state index contributed by atoms with van der Waals surface area (Å²) in [6, 6.07) is 4.14. The Morgan fingerprint density at radius 3 is 2.53 bits per heavy atom. The topological polar surface area (TPSA) is 91.9 Å². The molecule has 7 heteroatoms. The molecule has 17 heavy (non-hydrogen) atoms. The molecule has 0 aromatic carbocycles. The monoisotopic (exact) mass is 251 g/mol. The van der Waals surface area contributed by atoms with Crippen molar-refractivity contribution >= 4 is 15.7 Å². The van der Waals surface area contributed by atoms with Gasteiger partial charge in [-0.05, 0) is 12.1 Å². The highest BCUT2D eigenvalue weighted by Gasteiger charge is 2.17. The fourth-order valence-electron chi connectivity index (χ4n) is 1.24. The highest BCUT2D eigenvalue weighted by molar-refractivity contribution is 7.92. The van der Waals surface area contributed by atoms with Crippen LogP contribution in [0, 0.1) is 0 Å². The van der Waals surface area contributed by atoms with Crippen LogP contribution < -0.4 is 10.2 Å². The van der Waals surface area contributed by atoms with Crippen molar-refractivity contribution in [3.63, 3.8) is 0 Å². The van der Waals surface area contributed by atoms with Crippen LogP contribution in [-0.4, -0.2) is 18.4 Å². The van der Waals surface area contributed by atoms with Crippen molar-refractivity contribution in [1.29, 1.82) is 0 Å². The molecule has 0 saturated carbocycles. The molecule has 0 unspecified atom stereocenters. The summed E-state index contributed by atoms with van der Waals surface area (Å²) in [5.41, 5.74) is -0.214. The second-order valence-electron chi connectivity index (χ2n) is 3.21. The molecule has 2 aromatic rings. The van der Waals surface area contributed by atoms with Gasteiger partial charge in [0.15, 0.2) is 4.90 Å². The van der Waals surface area contributed by atoms with Crippen LogP contribution in [0.3, 0.4) is 0 Å². The standard InChI is InChI=1S/C10H9N3O3S/c14-9-3-6-12-7-10(9)17(15,16)13-8-1-4-11-5-2-8/h1-7H,(H,11,13)(H,12,14). The number of nitrogens with zero attached hydrogens (tertiary/aromatic N) is 1. The van der Waals surface area contributed by atoms with E-state index in [9.17, 15) is 13.2 Å². The number of nitrogens with one attached hydrogen (secondary N) is 2. The van der Waals surface area contributed by atoms with Crippen molar-refractivity contribution in [2.24, 2.45) is 0 Å². The van der Waals surface area contributed by atoms with E-state index in [1.165, 1.54) is 30.7 Å². The number of H-pyrrole nitrogens is 1. The normalized spacial score (nSPS) is 11.1. The maximum Gasteiger partial charge on any atom is 0.267 e. The van der Waals surface area contributed by atoms with Gasteiger partial charge in [-0.1, -0.05) is 0 Å². The predicted molar refractivity (Wildman–Crippen MR) is 62.1 cm³/mol. The predicted octanol–water partition coefficient (Wildman–Crippen LogP) is 0.571. The minimum absolute atomic E-state index is 0.322. The molecule has 0 aliphatic carbocycles.